The summed E-state index contributed by atoms with van der Waals surface area (Å²) in [5.41, 5.74) is 4.29. The van der Waals surface area contributed by atoms with Gasteiger partial charge in [-0.2, -0.15) is 14.9 Å². The molecule has 1 atom stereocenters. The van der Waals surface area contributed by atoms with Gasteiger partial charge >= 0.3 is 0 Å². The Balaban J connectivity index is 1.54. The number of carbonyl (C=O) groups is 1. The highest BCUT2D eigenvalue weighted by molar-refractivity contribution is 5.95. The number of aromatic nitrogens is 5. The summed E-state index contributed by atoms with van der Waals surface area (Å²) in [6.07, 6.45) is 7.17. The van der Waals surface area contributed by atoms with Gasteiger partial charge in [0, 0.05) is 23.5 Å². The molecule has 2 aromatic heterocycles. The lowest BCUT2D eigenvalue weighted by atomic mass is 9.86. The number of fused-ring (bicyclic) bond motifs is 1. The quantitative estimate of drug-likeness (QED) is 0.481. The Morgan fingerprint density at radius 3 is 2.73 bits per heavy atom. The minimum Gasteiger partial charge on any atom is -0.481 e. The standard InChI is InChI=1S/C25H20N6O2/c1-3-13-33-19-11-9-17(10-12-19)20-14-22(32)28-24-23(20)16(2)30-31(24)25-27-21(15-26-29-25)18-7-5-4-6-8-18/h1,4-12,15,20H,13-14H2,2H3,(H,28,32)/t20-/m0/s1. The number of rotatable bonds is 5. The molecule has 1 amide bonds. The third-order valence-electron chi connectivity index (χ3n) is 5.51. The Labute approximate surface area is 190 Å². The average molecular weight is 436 g/mol. The molecule has 1 aliphatic heterocycles. The molecule has 4 aromatic rings. The number of aryl methyl sites for hydroxylation is 1. The molecule has 0 saturated carbocycles. The van der Waals surface area contributed by atoms with Crippen molar-refractivity contribution in [2.45, 2.75) is 19.3 Å². The minimum absolute atomic E-state index is 0.103. The van der Waals surface area contributed by atoms with Gasteiger partial charge in [0.1, 0.15) is 18.2 Å². The fourth-order valence-corrected chi connectivity index (χ4v) is 4.03. The lowest BCUT2D eigenvalue weighted by Crippen LogP contribution is -2.25. The molecular formula is C25H20N6O2. The topological polar surface area (TPSA) is 94.8 Å². The van der Waals surface area contributed by atoms with Crippen molar-refractivity contribution >= 4 is 11.7 Å². The van der Waals surface area contributed by atoms with E-state index in [2.05, 4.69) is 31.5 Å². The van der Waals surface area contributed by atoms with Gasteiger partial charge in [-0.15, -0.1) is 11.5 Å². The summed E-state index contributed by atoms with van der Waals surface area (Å²) in [7, 11) is 0. The van der Waals surface area contributed by atoms with Crippen molar-refractivity contribution in [1.82, 2.24) is 25.0 Å². The van der Waals surface area contributed by atoms with Crippen LogP contribution in [0.15, 0.2) is 60.8 Å². The Morgan fingerprint density at radius 1 is 1.18 bits per heavy atom. The number of nitrogens with one attached hydrogen (secondary N) is 1. The summed E-state index contributed by atoms with van der Waals surface area (Å²) < 4.78 is 7.02. The third-order valence-corrected chi connectivity index (χ3v) is 5.51. The molecule has 0 saturated heterocycles. The van der Waals surface area contributed by atoms with Crippen LogP contribution >= 0.6 is 0 Å². The predicted molar refractivity (Wildman–Crippen MR) is 123 cm³/mol. The van der Waals surface area contributed by atoms with Crippen LogP contribution in [0.1, 0.15) is 29.2 Å². The SMILES string of the molecule is C#CCOc1ccc([C@@H]2CC(=O)Nc3c2c(C)nn3-c2nncc(-c3ccccc3)n2)cc1. The maximum Gasteiger partial charge on any atom is 0.272 e. The van der Waals surface area contributed by atoms with Crippen molar-refractivity contribution in [1.29, 1.82) is 0 Å². The first-order valence-corrected chi connectivity index (χ1v) is 10.4. The highest BCUT2D eigenvalue weighted by Gasteiger charge is 2.33. The van der Waals surface area contributed by atoms with Crippen molar-refractivity contribution in [2.24, 2.45) is 0 Å². The van der Waals surface area contributed by atoms with Crippen molar-refractivity contribution in [2.75, 3.05) is 11.9 Å². The second-order valence-corrected chi connectivity index (χ2v) is 7.63. The van der Waals surface area contributed by atoms with Crippen molar-refractivity contribution < 1.29 is 9.53 Å². The summed E-state index contributed by atoms with van der Waals surface area (Å²) in [6.45, 7) is 2.12. The maximum absolute atomic E-state index is 12.6. The van der Waals surface area contributed by atoms with E-state index >= 15 is 0 Å². The largest absolute Gasteiger partial charge is 0.481 e. The summed E-state index contributed by atoms with van der Waals surface area (Å²) >= 11 is 0. The number of hydrogen-bond donors (Lipinski definition) is 1. The Hall–Kier alpha value is -4.51. The van der Waals surface area contributed by atoms with Crippen LogP contribution in [0.5, 0.6) is 5.75 Å². The predicted octanol–water partition coefficient (Wildman–Crippen LogP) is 3.52. The maximum atomic E-state index is 12.6. The van der Waals surface area contributed by atoms with E-state index in [0.717, 1.165) is 22.4 Å². The zero-order valence-corrected chi connectivity index (χ0v) is 17.9. The second-order valence-electron chi connectivity index (χ2n) is 7.63. The number of ether oxygens (including phenoxy) is 1. The van der Waals surface area contributed by atoms with E-state index in [1.165, 1.54) is 0 Å². The summed E-state index contributed by atoms with van der Waals surface area (Å²) in [6, 6.07) is 17.3. The summed E-state index contributed by atoms with van der Waals surface area (Å²) in [4.78, 5) is 17.3. The summed E-state index contributed by atoms with van der Waals surface area (Å²) in [5, 5.41) is 15.9. The fourth-order valence-electron chi connectivity index (χ4n) is 4.03. The number of benzene rings is 2. The van der Waals surface area contributed by atoms with Gasteiger partial charge in [-0.3, -0.25) is 4.79 Å². The Morgan fingerprint density at radius 2 is 1.97 bits per heavy atom. The van der Waals surface area contributed by atoms with Gasteiger partial charge in [-0.1, -0.05) is 48.4 Å². The molecule has 162 valence electrons. The van der Waals surface area contributed by atoms with E-state index in [1.807, 2.05) is 61.5 Å². The first-order chi connectivity index (χ1) is 16.1. The molecule has 2 aromatic carbocycles. The molecule has 0 aliphatic carbocycles. The molecular weight excluding hydrogens is 416 g/mol. The molecule has 1 N–H and O–H groups in total. The van der Waals surface area contributed by atoms with Crippen LogP contribution in [0.25, 0.3) is 17.2 Å². The van der Waals surface area contributed by atoms with Gasteiger partial charge < -0.3 is 10.1 Å². The van der Waals surface area contributed by atoms with E-state index < -0.39 is 0 Å². The lowest BCUT2D eigenvalue weighted by molar-refractivity contribution is -0.116. The highest BCUT2D eigenvalue weighted by Crippen LogP contribution is 2.40. The molecule has 8 nitrogen and oxygen atoms in total. The van der Waals surface area contributed by atoms with Gasteiger partial charge in [0.2, 0.25) is 5.91 Å². The van der Waals surface area contributed by atoms with Crippen molar-refractivity contribution in [3.05, 3.63) is 77.6 Å². The third kappa shape index (κ3) is 3.92. The summed E-state index contributed by atoms with van der Waals surface area (Å²) in [5.74, 6) is 3.73. The molecule has 0 fully saturated rings. The number of anilines is 1. The van der Waals surface area contributed by atoms with Crippen LogP contribution in [-0.4, -0.2) is 37.5 Å². The Kier molecular flexibility index (Phi) is 5.29. The average Bonchev–Trinajstić information content (AvgIpc) is 3.19. The van der Waals surface area contributed by atoms with Crippen LogP contribution in [0.4, 0.5) is 5.82 Å². The second kappa shape index (κ2) is 8.55. The number of amides is 1. The van der Waals surface area contributed by atoms with E-state index in [-0.39, 0.29) is 18.4 Å². The Bertz CT molecular complexity index is 1360. The molecule has 0 bridgehead atoms. The van der Waals surface area contributed by atoms with Crippen LogP contribution in [-0.2, 0) is 4.79 Å². The monoisotopic (exact) mass is 436 g/mol. The highest BCUT2D eigenvalue weighted by atomic mass is 16.5. The van der Waals surface area contributed by atoms with E-state index in [9.17, 15) is 4.79 Å². The van der Waals surface area contributed by atoms with Crippen LogP contribution in [0, 0.1) is 19.3 Å². The molecule has 5 rings (SSSR count). The first kappa shape index (κ1) is 20.4. The van der Waals surface area contributed by atoms with Gasteiger partial charge in [-0.25, -0.2) is 4.98 Å². The van der Waals surface area contributed by atoms with Crippen LogP contribution in [0.3, 0.4) is 0 Å². The van der Waals surface area contributed by atoms with Gasteiger partial charge in [0.25, 0.3) is 5.95 Å². The number of hydrogen-bond acceptors (Lipinski definition) is 6. The van der Waals surface area contributed by atoms with E-state index in [1.54, 1.807) is 10.9 Å². The zero-order valence-electron chi connectivity index (χ0n) is 17.9. The zero-order chi connectivity index (χ0) is 22.8. The van der Waals surface area contributed by atoms with E-state index in [0.29, 0.717) is 29.6 Å². The van der Waals surface area contributed by atoms with Crippen molar-refractivity contribution in [3.8, 4) is 35.3 Å². The fraction of sp³-hybridized carbons (Fsp3) is 0.160. The minimum atomic E-state index is -0.158. The smallest absolute Gasteiger partial charge is 0.272 e. The van der Waals surface area contributed by atoms with Gasteiger partial charge in [0.15, 0.2) is 0 Å². The first-order valence-electron chi connectivity index (χ1n) is 10.4. The number of carbonyl (C=O) groups excluding carboxylic acids is 1. The van der Waals surface area contributed by atoms with Crippen molar-refractivity contribution in [3.63, 3.8) is 0 Å². The molecule has 0 radical (unpaired) electrons. The van der Waals surface area contributed by atoms with E-state index in [4.69, 9.17) is 11.2 Å². The van der Waals surface area contributed by atoms with Gasteiger partial charge in [0.05, 0.1) is 17.6 Å². The molecule has 1 aliphatic rings. The van der Waals surface area contributed by atoms with Gasteiger partial charge in [-0.05, 0) is 24.6 Å². The number of terminal acetylenes is 1. The van der Waals surface area contributed by atoms with Crippen LogP contribution < -0.4 is 10.1 Å². The lowest BCUT2D eigenvalue weighted by Gasteiger charge is -2.24. The molecule has 8 heteroatoms. The van der Waals surface area contributed by atoms with Crippen LogP contribution in [0.2, 0.25) is 0 Å². The molecule has 0 spiro atoms. The molecule has 0 unspecified atom stereocenters. The normalized spacial score (nSPS) is 14.8. The molecule has 33 heavy (non-hydrogen) atoms. The number of nitrogens with zero attached hydrogens (tertiary/aromatic N) is 5. The molecule has 3 heterocycles.